The summed E-state index contributed by atoms with van der Waals surface area (Å²) in [4.78, 5) is 0. The van der Waals surface area contributed by atoms with E-state index in [2.05, 4.69) is 13.2 Å². The molecule has 0 rings (SSSR count). The largest absolute Gasteiger partial charge is 1.00 e. The fraction of sp³-hybridized carbons (Fsp3) is 0.375. The van der Waals surface area contributed by atoms with E-state index in [4.69, 9.17) is 5.73 Å². The van der Waals surface area contributed by atoms with Crippen LogP contribution in [0.4, 0.5) is 0 Å². The maximum Gasteiger partial charge on any atom is 0.239 e. The number of hydrogen-bond donors (Lipinski definition) is 1. The van der Waals surface area contributed by atoms with E-state index in [1.54, 1.807) is 0 Å². The predicted molar refractivity (Wildman–Crippen MR) is 45.3 cm³/mol. The van der Waals surface area contributed by atoms with Crippen LogP contribution in [-0.2, 0) is 0 Å². The Morgan fingerprint density at radius 2 is 1.73 bits per heavy atom. The number of amidine groups is 1. The van der Waals surface area contributed by atoms with Crippen molar-refractivity contribution >= 4 is 5.84 Å². The number of nitrogens with two attached hydrogens (primary N) is 1. The molecule has 0 unspecified atom stereocenters. The average molecular weight is 266 g/mol. The maximum atomic E-state index is 5.56. The van der Waals surface area contributed by atoms with Crippen molar-refractivity contribution in [2.24, 2.45) is 5.73 Å². The maximum absolute atomic E-state index is 5.56. The average Bonchev–Trinajstić information content (AvgIpc) is 1.87. The van der Waals surface area contributed by atoms with Gasteiger partial charge in [-0.1, -0.05) is 25.3 Å². The smallest absolute Gasteiger partial charge is 0.239 e. The highest BCUT2D eigenvalue weighted by Crippen LogP contribution is 1.78. The molecular weight excluding hydrogens is 251 g/mol. The van der Waals surface area contributed by atoms with Crippen LogP contribution in [0.5, 0.6) is 0 Å². The van der Waals surface area contributed by atoms with Crippen molar-refractivity contribution in [3.05, 3.63) is 25.3 Å². The molecule has 0 bridgehead atoms. The standard InChI is InChI=1S/C8H14N2.HI/c1-4-6-10(7-5-2)8(3)9;/h4-5,9H,1-2,6-7H2,3H3;1H. The molecule has 0 aliphatic heterocycles. The minimum absolute atomic E-state index is 0. The van der Waals surface area contributed by atoms with Crippen molar-refractivity contribution in [2.75, 3.05) is 13.1 Å². The van der Waals surface area contributed by atoms with Crippen LogP contribution >= 0.6 is 0 Å². The first-order valence-electron chi connectivity index (χ1n) is 3.28. The quantitative estimate of drug-likeness (QED) is 0.201. The summed E-state index contributed by atoms with van der Waals surface area (Å²) in [7, 11) is 0. The lowest BCUT2D eigenvalue weighted by Gasteiger charge is -2.00. The second-order valence-electron chi connectivity index (χ2n) is 2.12. The first-order valence-corrected chi connectivity index (χ1v) is 3.28. The fourth-order valence-electron chi connectivity index (χ4n) is 0.674. The molecule has 3 heteroatoms. The highest BCUT2D eigenvalue weighted by atomic mass is 127. The lowest BCUT2D eigenvalue weighted by Crippen LogP contribution is -3.00. The Morgan fingerprint density at radius 3 is 1.91 bits per heavy atom. The summed E-state index contributed by atoms with van der Waals surface area (Å²) in [6.07, 6.45) is 3.64. The zero-order valence-corrected chi connectivity index (χ0v) is 9.04. The van der Waals surface area contributed by atoms with Crippen LogP contribution < -0.4 is 29.7 Å². The van der Waals surface area contributed by atoms with Crippen LogP contribution in [-0.4, -0.2) is 23.5 Å². The lowest BCUT2D eigenvalue weighted by molar-refractivity contribution is -0.508. The molecule has 0 saturated carbocycles. The third-order valence-corrected chi connectivity index (χ3v) is 1.20. The van der Waals surface area contributed by atoms with E-state index in [9.17, 15) is 0 Å². The van der Waals surface area contributed by atoms with Gasteiger partial charge in [-0.05, 0) is 0 Å². The van der Waals surface area contributed by atoms with Crippen molar-refractivity contribution in [1.82, 2.24) is 0 Å². The first-order chi connectivity index (χ1) is 4.72. The Balaban J connectivity index is 0. The molecule has 0 fully saturated rings. The molecule has 0 aromatic heterocycles. The summed E-state index contributed by atoms with van der Waals surface area (Å²) in [5.41, 5.74) is 5.56. The SMILES string of the molecule is C=CC[N+](CC=C)=C(C)N.[I-]. The molecule has 0 radical (unpaired) electrons. The molecule has 0 aromatic carbocycles. The number of nitrogens with zero attached hydrogens (tertiary/aromatic N) is 1. The van der Waals surface area contributed by atoms with Gasteiger partial charge >= 0.3 is 0 Å². The monoisotopic (exact) mass is 266 g/mol. The number of hydrogen-bond acceptors (Lipinski definition) is 0. The molecule has 0 aliphatic carbocycles. The van der Waals surface area contributed by atoms with Crippen LogP contribution in [0.15, 0.2) is 25.3 Å². The van der Waals surface area contributed by atoms with Gasteiger partial charge in [0, 0.05) is 6.92 Å². The molecule has 0 spiro atoms. The van der Waals surface area contributed by atoms with Crippen LogP contribution in [0.3, 0.4) is 0 Å². The zero-order valence-electron chi connectivity index (χ0n) is 6.89. The van der Waals surface area contributed by atoms with E-state index in [0.717, 1.165) is 18.9 Å². The summed E-state index contributed by atoms with van der Waals surface area (Å²) >= 11 is 0. The van der Waals surface area contributed by atoms with Gasteiger partial charge in [0.05, 0.1) is 0 Å². The summed E-state index contributed by atoms with van der Waals surface area (Å²) < 4.78 is 1.99. The molecule has 0 amide bonds. The van der Waals surface area contributed by atoms with Gasteiger partial charge in [-0.3, -0.25) is 10.3 Å². The topological polar surface area (TPSA) is 29.0 Å². The van der Waals surface area contributed by atoms with E-state index in [0.29, 0.717) is 0 Å². The lowest BCUT2D eigenvalue weighted by atomic mass is 10.5. The summed E-state index contributed by atoms with van der Waals surface area (Å²) in [5, 5.41) is 0. The van der Waals surface area contributed by atoms with Crippen LogP contribution in [0.1, 0.15) is 6.92 Å². The molecule has 0 heterocycles. The van der Waals surface area contributed by atoms with E-state index in [1.807, 2.05) is 23.7 Å². The van der Waals surface area contributed by atoms with Crippen molar-refractivity contribution in [2.45, 2.75) is 6.92 Å². The molecule has 0 atom stereocenters. The van der Waals surface area contributed by atoms with Gasteiger partial charge < -0.3 is 24.0 Å². The van der Waals surface area contributed by atoms with E-state index >= 15 is 0 Å². The van der Waals surface area contributed by atoms with E-state index in [1.165, 1.54) is 0 Å². The third-order valence-electron chi connectivity index (χ3n) is 1.20. The normalized spacial score (nSPS) is 7.73. The summed E-state index contributed by atoms with van der Waals surface area (Å²) in [6.45, 7) is 10.7. The van der Waals surface area contributed by atoms with Crippen LogP contribution in [0.2, 0.25) is 0 Å². The van der Waals surface area contributed by atoms with E-state index in [-0.39, 0.29) is 24.0 Å². The molecule has 2 nitrogen and oxygen atoms in total. The van der Waals surface area contributed by atoms with Crippen molar-refractivity contribution in [3.63, 3.8) is 0 Å². The highest BCUT2D eigenvalue weighted by Gasteiger charge is 1.96. The molecule has 0 aliphatic rings. The van der Waals surface area contributed by atoms with Crippen LogP contribution in [0, 0.1) is 0 Å². The molecular formula is C8H15IN2. The summed E-state index contributed by atoms with van der Waals surface area (Å²) in [6, 6.07) is 0. The molecule has 2 N–H and O–H groups in total. The Bertz CT molecular complexity index is 145. The van der Waals surface area contributed by atoms with Crippen molar-refractivity contribution in [1.29, 1.82) is 0 Å². The van der Waals surface area contributed by atoms with Gasteiger partial charge in [0.25, 0.3) is 0 Å². The van der Waals surface area contributed by atoms with Gasteiger partial charge in [-0.15, -0.1) is 0 Å². The number of halogens is 1. The predicted octanol–water partition coefficient (Wildman–Crippen LogP) is -2.25. The van der Waals surface area contributed by atoms with Crippen LogP contribution in [0.25, 0.3) is 0 Å². The van der Waals surface area contributed by atoms with Crippen molar-refractivity contribution in [3.8, 4) is 0 Å². The Morgan fingerprint density at radius 1 is 1.36 bits per heavy atom. The zero-order chi connectivity index (χ0) is 7.98. The highest BCUT2D eigenvalue weighted by molar-refractivity contribution is 5.72. The third kappa shape index (κ3) is 6.09. The van der Waals surface area contributed by atoms with Crippen molar-refractivity contribution < 1.29 is 28.6 Å². The summed E-state index contributed by atoms with van der Waals surface area (Å²) in [5.74, 6) is 0.805. The first kappa shape index (κ1) is 13.3. The van der Waals surface area contributed by atoms with Gasteiger partial charge in [0.2, 0.25) is 5.84 Å². The second kappa shape index (κ2) is 7.78. The molecule has 11 heavy (non-hydrogen) atoms. The second-order valence-corrected chi connectivity index (χ2v) is 2.12. The van der Waals surface area contributed by atoms with Gasteiger partial charge in [0.15, 0.2) is 0 Å². The Labute approximate surface area is 85.5 Å². The minimum atomic E-state index is 0. The van der Waals surface area contributed by atoms with Gasteiger partial charge in [-0.25, -0.2) is 0 Å². The van der Waals surface area contributed by atoms with Gasteiger partial charge in [-0.2, -0.15) is 0 Å². The van der Waals surface area contributed by atoms with E-state index < -0.39 is 0 Å². The molecule has 0 aromatic rings. The Hall–Kier alpha value is -0.320. The fourth-order valence-corrected chi connectivity index (χ4v) is 0.674. The minimum Gasteiger partial charge on any atom is -1.00 e. The molecule has 0 saturated heterocycles. The van der Waals surface area contributed by atoms with Gasteiger partial charge in [0.1, 0.15) is 13.1 Å². The Kier molecular flexibility index (Phi) is 9.40. The number of rotatable bonds is 4. The molecule has 64 valence electrons.